The predicted molar refractivity (Wildman–Crippen MR) is 75.4 cm³/mol. The number of aliphatic carboxylic acids is 1. The Bertz CT molecular complexity index is 479. The first kappa shape index (κ1) is 15.4. The minimum Gasteiger partial charge on any atom is -0.480 e. The van der Waals surface area contributed by atoms with Gasteiger partial charge in [-0.3, -0.25) is 10.1 Å². The highest BCUT2D eigenvalue weighted by Gasteiger charge is 2.21. The molecule has 0 fully saturated rings. The fraction of sp³-hybridized carbons (Fsp3) is 0.417. The van der Waals surface area contributed by atoms with Crippen molar-refractivity contribution >= 4 is 33.3 Å². The molecular weight excluding hydrogens is 316 g/mol. The molecule has 0 amide bonds. The Hall–Kier alpha value is -1.63. The molecule has 2 N–H and O–H groups in total. The monoisotopic (exact) mass is 330 g/mol. The Morgan fingerprint density at radius 2 is 2.26 bits per heavy atom. The van der Waals surface area contributed by atoms with Crippen LogP contribution in [0.4, 0.5) is 11.4 Å². The molecule has 0 spiro atoms. The number of nitro benzene ring substituents is 1. The second-order valence-corrected chi connectivity index (χ2v) is 5.01. The first-order chi connectivity index (χ1) is 8.95. The van der Waals surface area contributed by atoms with Crippen LogP contribution in [0.5, 0.6) is 0 Å². The number of anilines is 1. The Kier molecular flexibility index (Phi) is 5.75. The third-order valence-electron chi connectivity index (χ3n) is 2.63. The second kappa shape index (κ2) is 7.08. The van der Waals surface area contributed by atoms with Gasteiger partial charge in [-0.1, -0.05) is 35.7 Å². The van der Waals surface area contributed by atoms with Crippen LogP contribution in [-0.4, -0.2) is 22.0 Å². The van der Waals surface area contributed by atoms with Crippen LogP contribution in [0.1, 0.15) is 26.2 Å². The van der Waals surface area contributed by atoms with Gasteiger partial charge < -0.3 is 10.4 Å². The van der Waals surface area contributed by atoms with Crippen molar-refractivity contribution in [2.75, 3.05) is 5.32 Å². The number of hydrogen-bond donors (Lipinski definition) is 2. The van der Waals surface area contributed by atoms with Crippen LogP contribution in [-0.2, 0) is 4.79 Å². The normalized spacial score (nSPS) is 11.9. The maximum Gasteiger partial charge on any atom is 0.326 e. The molecule has 0 aliphatic carbocycles. The average molecular weight is 331 g/mol. The first-order valence-electron chi connectivity index (χ1n) is 5.89. The summed E-state index contributed by atoms with van der Waals surface area (Å²) in [6.45, 7) is 1.96. The summed E-state index contributed by atoms with van der Waals surface area (Å²) in [5.74, 6) is -1.01. The van der Waals surface area contributed by atoms with E-state index in [-0.39, 0.29) is 11.4 Å². The van der Waals surface area contributed by atoms with E-state index in [2.05, 4.69) is 21.2 Å². The summed E-state index contributed by atoms with van der Waals surface area (Å²) < 4.78 is 0.653. The zero-order valence-electron chi connectivity index (χ0n) is 10.4. The van der Waals surface area contributed by atoms with Crippen LogP contribution in [0, 0.1) is 10.1 Å². The number of nitrogens with one attached hydrogen (secondary N) is 1. The van der Waals surface area contributed by atoms with Gasteiger partial charge >= 0.3 is 5.97 Å². The molecule has 1 aromatic carbocycles. The second-order valence-electron chi connectivity index (χ2n) is 4.10. The summed E-state index contributed by atoms with van der Waals surface area (Å²) in [4.78, 5) is 21.5. The lowest BCUT2D eigenvalue weighted by Crippen LogP contribution is -2.29. The van der Waals surface area contributed by atoms with Gasteiger partial charge in [0.15, 0.2) is 0 Å². The summed E-state index contributed by atoms with van der Waals surface area (Å²) >= 11 is 3.22. The van der Waals surface area contributed by atoms with Gasteiger partial charge in [0.25, 0.3) is 5.69 Å². The molecule has 0 aromatic heterocycles. The lowest BCUT2D eigenvalue weighted by molar-refractivity contribution is -0.384. The molecule has 104 valence electrons. The highest BCUT2D eigenvalue weighted by molar-refractivity contribution is 9.10. The lowest BCUT2D eigenvalue weighted by atomic mass is 10.1. The molecule has 1 unspecified atom stereocenters. The zero-order chi connectivity index (χ0) is 14.4. The molecule has 0 bridgehead atoms. The number of carboxylic acid groups (broad SMARTS) is 1. The summed E-state index contributed by atoms with van der Waals surface area (Å²) in [7, 11) is 0. The minimum absolute atomic E-state index is 0.133. The largest absolute Gasteiger partial charge is 0.480 e. The smallest absolute Gasteiger partial charge is 0.326 e. The summed E-state index contributed by atoms with van der Waals surface area (Å²) in [6.07, 6.45) is 2.04. The topological polar surface area (TPSA) is 92.5 Å². The molecule has 19 heavy (non-hydrogen) atoms. The molecule has 1 rings (SSSR count). The van der Waals surface area contributed by atoms with E-state index in [4.69, 9.17) is 5.11 Å². The van der Waals surface area contributed by atoms with E-state index in [1.54, 1.807) is 6.07 Å². The van der Waals surface area contributed by atoms with Crippen molar-refractivity contribution in [1.29, 1.82) is 0 Å². The number of nitro groups is 1. The summed E-state index contributed by atoms with van der Waals surface area (Å²) in [5.41, 5.74) is 0.0776. The average Bonchev–Trinajstić information content (AvgIpc) is 2.33. The third kappa shape index (κ3) is 4.51. The van der Waals surface area contributed by atoms with Crippen molar-refractivity contribution in [3.63, 3.8) is 0 Å². The third-order valence-corrected chi connectivity index (χ3v) is 3.12. The molecule has 6 nitrogen and oxygen atoms in total. The molecular formula is C12H15BrN2O4. The van der Waals surface area contributed by atoms with Gasteiger partial charge in [0.1, 0.15) is 11.7 Å². The Labute approximate surface area is 119 Å². The number of hydrogen-bond acceptors (Lipinski definition) is 4. The Morgan fingerprint density at radius 3 is 2.79 bits per heavy atom. The quantitative estimate of drug-likeness (QED) is 0.590. The van der Waals surface area contributed by atoms with Crippen LogP contribution in [0.2, 0.25) is 0 Å². The van der Waals surface area contributed by atoms with E-state index in [1.165, 1.54) is 12.1 Å². The van der Waals surface area contributed by atoms with E-state index in [0.717, 1.165) is 12.8 Å². The highest BCUT2D eigenvalue weighted by Crippen LogP contribution is 2.29. The summed E-state index contributed by atoms with van der Waals surface area (Å²) in [5, 5.41) is 22.8. The van der Waals surface area contributed by atoms with E-state index in [1.807, 2.05) is 6.92 Å². The van der Waals surface area contributed by atoms with E-state index < -0.39 is 16.9 Å². The maximum absolute atomic E-state index is 11.1. The molecule has 0 saturated carbocycles. The van der Waals surface area contributed by atoms with Crippen LogP contribution in [0.15, 0.2) is 22.7 Å². The Balaban J connectivity index is 2.97. The first-order valence-corrected chi connectivity index (χ1v) is 6.68. The van der Waals surface area contributed by atoms with Crippen molar-refractivity contribution in [1.82, 2.24) is 0 Å². The zero-order valence-corrected chi connectivity index (χ0v) is 12.0. The van der Waals surface area contributed by atoms with Crippen LogP contribution >= 0.6 is 15.9 Å². The standard InChI is InChI=1S/C12H15BrN2O4/c1-2-3-4-9(12(16)17)14-10-7-8(13)5-6-11(10)15(18)19/h5-7,9,14H,2-4H2,1H3,(H,16,17). The van der Waals surface area contributed by atoms with Gasteiger partial charge in [-0.15, -0.1) is 0 Å². The number of unbranched alkanes of at least 4 members (excludes halogenated alkanes) is 1. The van der Waals surface area contributed by atoms with Crippen molar-refractivity contribution in [3.05, 3.63) is 32.8 Å². The summed E-state index contributed by atoms with van der Waals surface area (Å²) in [6, 6.07) is 3.57. The van der Waals surface area contributed by atoms with Crippen LogP contribution < -0.4 is 5.32 Å². The molecule has 1 aromatic rings. The highest BCUT2D eigenvalue weighted by atomic mass is 79.9. The maximum atomic E-state index is 11.1. The molecule has 0 saturated heterocycles. The molecule has 1 atom stereocenters. The fourth-order valence-corrected chi connectivity index (χ4v) is 2.00. The number of rotatable bonds is 7. The number of benzene rings is 1. The van der Waals surface area contributed by atoms with E-state index >= 15 is 0 Å². The van der Waals surface area contributed by atoms with Gasteiger partial charge in [-0.05, 0) is 18.6 Å². The van der Waals surface area contributed by atoms with Crippen molar-refractivity contribution < 1.29 is 14.8 Å². The molecule has 0 radical (unpaired) electrons. The molecule has 0 heterocycles. The van der Waals surface area contributed by atoms with Crippen LogP contribution in [0.3, 0.4) is 0 Å². The number of carboxylic acids is 1. The van der Waals surface area contributed by atoms with Gasteiger partial charge in [0.2, 0.25) is 0 Å². The van der Waals surface area contributed by atoms with Gasteiger partial charge in [0.05, 0.1) is 4.92 Å². The van der Waals surface area contributed by atoms with Crippen molar-refractivity contribution in [2.45, 2.75) is 32.2 Å². The number of nitrogens with zero attached hydrogens (tertiary/aromatic N) is 1. The van der Waals surface area contributed by atoms with Crippen molar-refractivity contribution in [3.8, 4) is 0 Å². The number of carbonyl (C=O) groups is 1. The van der Waals surface area contributed by atoms with Crippen molar-refractivity contribution in [2.24, 2.45) is 0 Å². The van der Waals surface area contributed by atoms with E-state index in [0.29, 0.717) is 10.9 Å². The molecule has 7 heteroatoms. The molecule has 0 aliphatic heterocycles. The lowest BCUT2D eigenvalue weighted by Gasteiger charge is -2.15. The van der Waals surface area contributed by atoms with Gasteiger partial charge in [0, 0.05) is 10.5 Å². The van der Waals surface area contributed by atoms with Crippen LogP contribution in [0.25, 0.3) is 0 Å². The Morgan fingerprint density at radius 1 is 1.58 bits per heavy atom. The number of halogens is 1. The van der Waals surface area contributed by atoms with E-state index in [9.17, 15) is 14.9 Å². The van der Waals surface area contributed by atoms with Gasteiger partial charge in [-0.25, -0.2) is 4.79 Å². The van der Waals surface area contributed by atoms with Gasteiger partial charge in [-0.2, -0.15) is 0 Å². The minimum atomic E-state index is -1.01. The predicted octanol–water partition coefficient (Wildman–Crippen LogP) is 3.41. The SMILES string of the molecule is CCCCC(Nc1cc(Br)ccc1[N+](=O)[O-])C(=O)O. The molecule has 0 aliphatic rings. The fourth-order valence-electron chi connectivity index (χ4n) is 1.64.